The molecule has 0 fully saturated rings. The minimum absolute atomic E-state index is 0.0412. The van der Waals surface area contributed by atoms with E-state index in [1.54, 1.807) is 0 Å². The molecule has 19 rings (SSSR count). The molecule has 0 heteroatoms. The summed E-state index contributed by atoms with van der Waals surface area (Å²) in [4.78, 5) is 0. The first kappa shape index (κ1) is 66.9. The third kappa shape index (κ3) is 10.3. The van der Waals surface area contributed by atoms with Crippen molar-refractivity contribution in [3.63, 3.8) is 0 Å². The van der Waals surface area contributed by atoms with Crippen LogP contribution in [0.4, 0.5) is 0 Å². The van der Waals surface area contributed by atoms with Crippen molar-refractivity contribution in [3.8, 4) is 66.8 Å². The predicted octanol–water partition coefficient (Wildman–Crippen LogP) is 28.4. The Bertz CT molecular complexity index is 5700. The van der Waals surface area contributed by atoms with Gasteiger partial charge in [0.05, 0.1) is 10.8 Å². The molecule has 0 N–H and O–H groups in total. The van der Waals surface area contributed by atoms with Crippen LogP contribution in [0.3, 0.4) is 0 Å². The van der Waals surface area contributed by atoms with E-state index in [4.69, 9.17) is 0 Å². The SMILES string of the molecule is CC(C)(C)c1ccc2c(c1)C1(c3ccccc3-c3ccc(/C(=C\c4ccccc4)c4ccc(-c5c6ccccc6c(-c6ccc(/C(=C\c7ccccc7)c7ccc8c(c7)C7(c9ccccc9-8)c8cc(C(C)(C)C)ccc8-c8ccc(C(C)(C)C)cc87)cc6)c6ccccc56)cc4)cc31)c1cc(C(C)(C)C)ccc1-2. The van der Waals surface area contributed by atoms with Crippen molar-refractivity contribution in [1.82, 2.24) is 0 Å². The molecule has 0 radical (unpaired) electrons. The van der Waals surface area contributed by atoms with E-state index in [2.05, 4.69) is 411 Å². The van der Waals surface area contributed by atoms with Crippen LogP contribution < -0.4 is 0 Å². The van der Waals surface area contributed by atoms with E-state index < -0.39 is 10.8 Å². The molecule has 0 saturated carbocycles. The summed E-state index contributed by atoms with van der Waals surface area (Å²) >= 11 is 0. The number of hydrogen-bond acceptors (Lipinski definition) is 0. The lowest BCUT2D eigenvalue weighted by atomic mass is 9.68. The number of hydrogen-bond donors (Lipinski definition) is 0. The molecule has 15 aromatic rings. The van der Waals surface area contributed by atoms with Gasteiger partial charge in [-0.3, -0.25) is 0 Å². The average molecular weight is 1390 g/mol. The van der Waals surface area contributed by atoms with E-state index in [0.29, 0.717) is 0 Å². The van der Waals surface area contributed by atoms with Gasteiger partial charge in [-0.05, 0) is 246 Å². The second kappa shape index (κ2) is 24.4. The maximum atomic E-state index is 2.57. The van der Waals surface area contributed by atoms with Crippen LogP contribution in [0, 0.1) is 0 Å². The molecule has 4 aliphatic rings. The largest absolute Gasteiger partial charge is 0.0725 e. The van der Waals surface area contributed by atoms with Crippen LogP contribution in [0.15, 0.2) is 315 Å². The van der Waals surface area contributed by atoms with Crippen molar-refractivity contribution >= 4 is 44.8 Å². The lowest BCUT2D eigenvalue weighted by molar-refractivity contribution is 0.586. The highest BCUT2D eigenvalue weighted by molar-refractivity contribution is 6.21. The van der Waals surface area contributed by atoms with Gasteiger partial charge < -0.3 is 0 Å². The lowest BCUT2D eigenvalue weighted by Gasteiger charge is -2.33. The summed E-state index contributed by atoms with van der Waals surface area (Å²) in [7, 11) is 0. The van der Waals surface area contributed by atoms with Crippen LogP contribution in [-0.2, 0) is 32.5 Å². The van der Waals surface area contributed by atoms with Crippen molar-refractivity contribution in [2.24, 2.45) is 0 Å². The fourth-order valence-corrected chi connectivity index (χ4v) is 19.1. The van der Waals surface area contributed by atoms with Crippen LogP contribution in [0.5, 0.6) is 0 Å². The Hall–Kier alpha value is -11.7. The highest BCUT2D eigenvalue weighted by atomic mass is 14.6. The monoisotopic (exact) mass is 1390 g/mol. The third-order valence-electron chi connectivity index (χ3n) is 24.6. The van der Waals surface area contributed by atoms with Crippen LogP contribution in [-0.4, -0.2) is 0 Å². The van der Waals surface area contributed by atoms with E-state index in [0.717, 1.165) is 11.1 Å². The lowest BCUT2D eigenvalue weighted by Crippen LogP contribution is -2.27. The van der Waals surface area contributed by atoms with Gasteiger partial charge in [0.2, 0.25) is 0 Å². The zero-order valence-electron chi connectivity index (χ0n) is 64.2. The second-order valence-corrected chi connectivity index (χ2v) is 35.1. The van der Waals surface area contributed by atoms with E-state index >= 15 is 0 Å². The summed E-state index contributed by atoms with van der Waals surface area (Å²) in [5.74, 6) is 0. The molecule has 0 bridgehead atoms. The first-order valence-electron chi connectivity index (χ1n) is 38.9. The molecule has 0 saturated heterocycles. The van der Waals surface area contributed by atoms with Gasteiger partial charge in [-0.25, -0.2) is 0 Å². The molecule has 15 aromatic carbocycles. The summed E-state index contributed by atoms with van der Waals surface area (Å²) in [6.07, 6.45) is 4.81. The van der Waals surface area contributed by atoms with Crippen molar-refractivity contribution in [1.29, 1.82) is 0 Å². The summed E-state index contributed by atoms with van der Waals surface area (Å²) in [6.45, 7) is 28.2. The molecule has 0 nitrogen and oxygen atoms in total. The normalized spacial score (nSPS) is 14.4. The first-order valence-corrected chi connectivity index (χ1v) is 38.9. The van der Waals surface area contributed by atoms with Gasteiger partial charge in [-0.2, -0.15) is 0 Å². The van der Waals surface area contributed by atoms with Crippen LogP contribution in [0.1, 0.15) is 183 Å². The summed E-state index contributed by atoms with van der Waals surface area (Å²) < 4.78 is 0. The highest BCUT2D eigenvalue weighted by Gasteiger charge is 2.54. The van der Waals surface area contributed by atoms with Gasteiger partial charge in [0.25, 0.3) is 0 Å². The standard InChI is InChI=1S/C108H90/c1-103(2,3)75-49-55-83-84-56-50-76(104(4,5)6)64-98(84)107(97(83)63-75)93-37-25-23-31-79(93)81-53-47-73(61-95(81)107)91(59-67-27-15-13-16-28-67)69-39-43-71(44-40-69)101-87-33-19-21-35-89(87)102(90-36-22-20-34-88(90)101)72-45-41-70(42-46-72)92(60-68-29-17-14-18-30-68)74-48-54-82-80-32-24-26-38-94(80)108(96(82)62-74)99-65-77(105(7,8)9)51-57-85(99)86-58-52-78(66-100(86)108)106(10,11)12/h13-66H,1-12H3/b91-59-,92-60+. The molecule has 0 atom stereocenters. The maximum Gasteiger partial charge on any atom is 0.0725 e. The molecular formula is C108H90. The molecule has 2 spiro atoms. The van der Waals surface area contributed by atoms with Crippen molar-refractivity contribution in [3.05, 3.63) is 416 Å². The minimum Gasteiger partial charge on any atom is -0.0622 e. The number of fused-ring (bicyclic) bond motifs is 22. The Morgan fingerprint density at radius 3 is 0.750 bits per heavy atom. The quantitative estimate of drug-likeness (QED) is 0.105. The van der Waals surface area contributed by atoms with Gasteiger partial charge in [0.15, 0.2) is 0 Å². The number of rotatable bonds is 8. The summed E-state index contributed by atoms with van der Waals surface area (Å²) in [5.41, 5.74) is 39.9. The van der Waals surface area contributed by atoms with E-state index in [1.165, 1.54) is 188 Å². The molecule has 0 amide bonds. The molecule has 0 aromatic heterocycles. The van der Waals surface area contributed by atoms with E-state index in [1.807, 2.05) is 0 Å². The molecule has 108 heavy (non-hydrogen) atoms. The zero-order chi connectivity index (χ0) is 74.0. The summed E-state index contributed by atoms with van der Waals surface area (Å²) in [5, 5.41) is 4.91. The first-order chi connectivity index (χ1) is 52.1. The van der Waals surface area contributed by atoms with E-state index in [9.17, 15) is 0 Å². The van der Waals surface area contributed by atoms with Crippen LogP contribution in [0.2, 0.25) is 0 Å². The maximum absolute atomic E-state index is 2.57. The third-order valence-corrected chi connectivity index (χ3v) is 24.6. The topological polar surface area (TPSA) is 0 Å². The summed E-state index contributed by atoms with van der Waals surface area (Å²) in [6, 6.07) is 122. The van der Waals surface area contributed by atoms with E-state index in [-0.39, 0.29) is 21.7 Å². The van der Waals surface area contributed by atoms with Gasteiger partial charge in [0, 0.05) is 0 Å². The fourth-order valence-electron chi connectivity index (χ4n) is 19.1. The number of benzene rings is 15. The fraction of sp³-hybridized carbons (Fsp3) is 0.167. The molecule has 522 valence electrons. The Labute approximate surface area is 638 Å². The van der Waals surface area contributed by atoms with Gasteiger partial charge in [0.1, 0.15) is 0 Å². The molecule has 0 aliphatic heterocycles. The minimum atomic E-state index is -0.525. The molecule has 0 unspecified atom stereocenters. The molecule has 0 heterocycles. The smallest absolute Gasteiger partial charge is 0.0622 e. The highest BCUT2D eigenvalue weighted by Crippen LogP contribution is 2.66. The Balaban J connectivity index is 0.730. The Morgan fingerprint density at radius 1 is 0.213 bits per heavy atom. The Kier molecular flexibility index (Phi) is 15.1. The van der Waals surface area contributed by atoms with Crippen LogP contribution >= 0.6 is 0 Å². The average Bonchev–Trinajstić information content (AvgIpc) is 1.51. The van der Waals surface area contributed by atoms with Crippen molar-refractivity contribution in [2.75, 3.05) is 0 Å². The Morgan fingerprint density at radius 2 is 0.454 bits per heavy atom. The molecule has 4 aliphatic carbocycles. The van der Waals surface area contributed by atoms with Gasteiger partial charge in [-0.15, -0.1) is 0 Å². The molecular weight excluding hydrogens is 1300 g/mol. The zero-order valence-corrected chi connectivity index (χ0v) is 64.2. The van der Waals surface area contributed by atoms with Gasteiger partial charge in [-0.1, -0.05) is 386 Å². The van der Waals surface area contributed by atoms with Gasteiger partial charge >= 0.3 is 0 Å². The predicted molar refractivity (Wildman–Crippen MR) is 459 cm³/mol. The second-order valence-electron chi connectivity index (χ2n) is 35.1. The van der Waals surface area contributed by atoms with Crippen molar-refractivity contribution in [2.45, 2.75) is 116 Å². The van der Waals surface area contributed by atoms with Crippen molar-refractivity contribution < 1.29 is 0 Å². The van der Waals surface area contributed by atoms with Crippen LogP contribution in [0.25, 0.3) is 112 Å².